The average molecular weight is 417 g/mol. The van der Waals surface area contributed by atoms with Crippen LogP contribution in [0.25, 0.3) is 0 Å². The zero-order chi connectivity index (χ0) is 20.1. The third-order valence-electron chi connectivity index (χ3n) is 4.52. The first-order chi connectivity index (χ1) is 13.5. The van der Waals surface area contributed by atoms with Crippen molar-refractivity contribution in [2.75, 3.05) is 23.7 Å². The number of para-hydroxylation sites is 1. The first-order valence-corrected chi connectivity index (χ1v) is 9.52. The molecule has 2 amide bonds. The van der Waals surface area contributed by atoms with Crippen molar-refractivity contribution in [2.24, 2.45) is 0 Å². The molecule has 0 spiro atoms. The maximum atomic E-state index is 12.7. The van der Waals surface area contributed by atoms with Crippen molar-refractivity contribution in [2.45, 2.75) is 18.9 Å². The van der Waals surface area contributed by atoms with Crippen molar-refractivity contribution in [1.82, 2.24) is 4.90 Å². The number of benzene rings is 2. The average Bonchev–Trinajstić information content (AvgIpc) is 3.13. The van der Waals surface area contributed by atoms with Crippen LogP contribution in [0, 0.1) is 11.3 Å². The molecule has 0 aliphatic carbocycles. The highest BCUT2D eigenvalue weighted by molar-refractivity contribution is 6.35. The molecule has 0 aromatic heterocycles. The Bertz CT molecular complexity index is 942. The van der Waals surface area contributed by atoms with Gasteiger partial charge in [-0.2, -0.15) is 5.26 Å². The molecular weight excluding hydrogens is 399 g/mol. The van der Waals surface area contributed by atoms with Crippen LogP contribution < -0.4 is 10.6 Å². The first-order valence-electron chi connectivity index (χ1n) is 8.77. The van der Waals surface area contributed by atoms with Gasteiger partial charge in [-0.05, 0) is 49.7 Å². The Labute approximate surface area is 173 Å². The number of likely N-dealkylation sites (tertiary alicyclic amines) is 1. The van der Waals surface area contributed by atoms with Gasteiger partial charge in [0.15, 0.2) is 0 Å². The summed E-state index contributed by atoms with van der Waals surface area (Å²) in [4.78, 5) is 26.9. The van der Waals surface area contributed by atoms with E-state index in [4.69, 9.17) is 28.5 Å². The summed E-state index contributed by atoms with van der Waals surface area (Å²) in [5.41, 5.74) is 1.29. The van der Waals surface area contributed by atoms with Crippen LogP contribution in [0.1, 0.15) is 18.4 Å². The SMILES string of the molecule is N#Cc1ccccc1NC(=O)CN1CCCC1C(=O)Nc1cc(Cl)ccc1Cl. The zero-order valence-corrected chi connectivity index (χ0v) is 16.4. The molecule has 2 aromatic carbocycles. The van der Waals surface area contributed by atoms with Crippen molar-refractivity contribution < 1.29 is 9.59 Å². The van der Waals surface area contributed by atoms with Crippen molar-refractivity contribution in [3.8, 4) is 6.07 Å². The molecule has 1 unspecified atom stereocenters. The molecule has 0 radical (unpaired) electrons. The van der Waals surface area contributed by atoms with Gasteiger partial charge in [-0.1, -0.05) is 35.3 Å². The van der Waals surface area contributed by atoms with E-state index in [0.717, 1.165) is 6.42 Å². The van der Waals surface area contributed by atoms with E-state index in [1.807, 2.05) is 11.0 Å². The summed E-state index contributed by atoms with van der Waals surface area (Å²) in [6, 6.07) is 13.2. The molecule has 28 heavy (non-hydrogen) atoms. The third kappa shape index (κ3) is 4.82. The number of nitrogens with zero attached hydrogens (tertiary/aromatic N) is 2. The highest BCUT2D eigenvalue weighted by atomic mass is 35.5. The van der Waals surface area contributed by atoms with Gasteiger partial charge in [0, 0.05) is 5.02 Å². The standard InChI is InChI=1S/C20H18Cl2N4O2/c21-14-7-8-15(22)17(10-14)25-20(28)18-6-3-9-26(18)12-19(27)24-16-5-2-1-4-13(16)11-23/h1-2,4-5,7-8,10,18H,3,6,9,12H2,(H,24,27)(H,25,28). The van der Waals surface area contributed by atoms with Gasteiger partial charge in [-0.3, -0.25) is 14.5 Å². The largest absolute Gasteiger partial charge is 0.324 e. The molecule has 6 nitrogen and oxygen atoms in total. The normalized spacial score (nSPS) is 16.4. The van der Waals surface area contributed by atoms with Crippen LogP contribution in [0.5, 0.6) is 0 Å². The second-order valence-corrected chi connectivity index (χ2v) is 7.29. The molecule has 1 aliphatic rings. The van der Waals surface area contributed by atoms with Gasteiger partial charge in [0.25, 0.3) is 0 Å². The lowest BCUT2D eigenvalue weighted by molar-refractivity contribution is -0.122. The summed E-state index contributed by atoms with van der Waals surface area (Å²) < 4.78 is 0. The molecule has 1 heterocycles. The minimum Gasteiger partial charge on any atom is -0.324 e. The number of carbonyl (C=O) groups is 2. The Morgan fingerprint density at radius 2 is 1.93 bits per heavy atom. The molecule has 1 aliphatic heterocycles. The Morgan fingerprint density at radius 3 is 2.71 bits per heavy atom. The van der Waals surface area contributed by atoms with Gasteiger partial charge in [0.05, 0.1) is 34.5 Å². The first kappa shape index (κ1) is 20.2. The van der Waals surface area contributed by atoms with Gasteiger partial charge in [-0.25, -0.2) is 0 Å². The van der Waals surface area contributed by atoms with E-state index in [-0.39, 0.29) is 18.4 Å². The van der Waals surface area contributed by atoms with Crippen molar-refractivity contribution >= 4 is 46.4 Å². The Balaban J connectivity index is 1.64. The molecule has 2 N–H and O–H groups in total. The lowest BCUT2D eigenvalue weighted by atomic mass is 10.2. The molecule has 0 saturated carbocycles. The number of hydrogen-bond donors (Lipinski definition) is 2. The maximum Gasteiger partial charge on any atom is 0.241 e. The third-order valence-corrected chi connectivity index (χ3v) is 5.09. The lowest BCUT2D eigenvalue weighted by Crippen LogP contribution is -2.43. The predicted molar refractivity (Wildman–Crippen MR) is 109 cm³/mol. The summed E-state index contributed by atoms with van der Waals surface area (Å²) in [7, 11) is 0. The van der Waals surface area contributed by atoms with E-state index in [1.165, 1.54) is 0 Å². The number of rotatable bonds is 5. The van der Waals surface area contributed by atoms with Crippen LogP contribution in [0.2, 0.25) is 10.0 Å². The van der Waals surface area contributed by atoms with Gasteiger partial charge in [0.1, 0.15) is 6.07 Å². The van der Waals surface area contributed by atoms with E-state index in [0.29, 0.717) is 39.9 Å². The number of carbonyl (C=O) groups excluding carboxylic acids is 2. The highest BCUT2D eigenvalue weighted by Gasteiger charge is 2.32. The Morgan fingerprint density at radius 1 is 1.14 bits per heavy atom. The van der Waals surface area contributed by atoms with Crippen LogP contribution in [-0.4, -0.2) is 35.8 Å². The fraction of sp³-hybridized carbons (Fsp3) is 0.250. The van der Waals surface area contributed by atoms with E-state index < -0.39 is 6.04 Å². The number of hydrogen-bond acceptors (Lipinski definition) is 4. The fourth-order valence-corrected chi connectivity index (χ4v) is 3.52. The predicted octanol–water partition coefficient (Wildman–Crippen LogP) is 3.91. The minimum atomic E-state index is -0.438. The van der Waals surface area contributed by atoms with Crippen LogP contribution in [-0.2, 0) is 9.59 Å². The highest BCUT2D eigenvalue weighted by Crippen LogP contribution is 2.27. The summed E-state index contributed by atoms with van der Waals surface area (Å²) in [5, 5.41) is 15.5. The molecule has 8 heteroatoms. The van der Waals surface area contributed by atoms with Gasteiger partial charge in [-0.15, -0.1) is 0 Å². The molecule has 1 fully saturated rings. The second-order valence-electron chi connectivity index (χ2n) is 6.45. The topological polar surface area (TPSA) is 85.2 Å². The molecule has 1 saturated heterocycles. The molecule has 144 valence electrons. The van der Waals surface area contributed by atoms with Crippen molar-refractivity contribution in [1.29, 1.82) is 5.26 Å². The quantitative estimate of drug-likeness (QED) is 0.773. The fourth-order valence-electron chi connectivity index (χ4n) is 3.19. The van der Waals surface area contributed by atoms with Gasteiger partial charge in [0.2, 0.25) is 11.8 Å². The van der Waals surface area contributed by atoms with E-state index in [9.17, 15) is 9.59 Å². The van der Waals surface area contributed by atoms with Gasteiger partial charge >= 0.3 is 0 Å². The van der Waals surface area contributed by atoms with Crippen LogP contribution in [0.15, 0.2) is 42.5 Å². The van der Waals surface area contributed by atoms with Crippen LogP contribution >= 0.6 is 23.2 Å². The number of amides is 2. The Kier molecular flexibility index (Phi) is 6.53. The van der Waals surface area contributed by atoms with Crippen LogP contribution in [0.3, 0.4) is 0 Å². The molecule has 3 rings (SSSR count). The van der Waals surface area contributed by atoms with Crippen molar-refractivity contribution in [3.05, 3.63) is 58.1 Å². The van der Waals surface area contributed by atoms with E-state index >= 15 is 0 Å². The summed E-state index contributed by atoms with van der Waals surface area (Å²) in [5.74, 6) is -0.505. The number of anilines is 2. The number of nitriles is 1. The second kappa shape index (κ2) is 9.07. The summed E-state index contributed by atoms with van der Waals surface area (Å²) in [6.45, 7) is 0.690. The Hall–Kier alpha value is -2.59. The molecule has 2 aromatic rings. The maximum absolute atomic E-state index is 12.7. The minimum absolute atomic E-state index is 0.0567. The number of halogens is 2. The molecular formula is C20H18Cl2N4O2. The van der Waals surface area contributed by atoms with Gasteiger partial charge < -0.3 is 10.6 Å². The van der Waals surface area contributed by atoms with Crippen LogP contribution in [0.4, 0.5) is 11.4 Å². The van der Waals surface area contributed by atoms with E-state index in [1.54, 1.807) is 42.5 Å². The monoisotopic (exact) mass is 416 g/mol. The number of nitrogens with one attached hydrogen (secondary N) is 2. The van der Waals surface area contributed by atoms with E-state index in [2.05, 4.69) is 10.6 Å². The molecule has 1 atom stereocenters. The zero-order valence-electron chi connectivity index (χ0n) is 14.9. The summed E-state index contributed by atoms with van der Waals surface area (Å²) in [6.07, 6.45) is 1.45. The summed E-state index contributed by atoms with van der Waals surface area (Å²) >= 11 is 12.1. The molecule has 0 bridgehead atoms. The smallest absolute Gasteiger partial charge is 0.241 e. The lowest BCUT2D eigenvalue weighted by Gasteiger charge is -2.23. The van der Waals surface area contributed by atoms with Crippen molar-refractivity contribution in [3.63, 3.8) is 0 Å².